The van der Waals surface area contributed by atoms with E-state index in [-0.39, 0.29) is 39.4 Å². The SMILES string of the molecule is CCOC(=O)/C(C)=C/[C@H](O[Si](C)(C)C(C)(C)C)[C@H](C[C@H](C)O[Si](C)(C)C(C)(C)C)O[Si](C)(C)C(C)(C)C. The fourth-order valence-corrected chi connectivity index (χ4v) is 7.20. The molecule has 0 radical (unpaired) electrons. The number of ether oxygens (including phenoxy) is 1. The van der Waals surface area contributed by atoms with Crippen molar-refractivity contribution in [3.8, 4) is 0 Å². The van der Waals surface area contributed by atoms with Crippen LogP contribution in [0, 0.1) is 0 Å². The van der Waals surface area contributed by atoms with Gasteiger partial charge in [0.05, 0.1) is 18.8 Å². The molecule has 0 aliphatic rings. The summed E-state index contributed by atoms with van der Waals surface area (Å²) in [7, 11) is -6.32. The Hall–Kier alpha value is -0.259. The van der Waals surface area contributed by atoms with Crippen molar-refractivity contribution in [2.45, 2.75) is 162 Å². The molecule has 3 atom stereocenters. The third-order valence-electron chi connectivity index (χ3n) is 8.73. The third-order valence-corrected chi connectivity index (χ3v) is 22.3. The Balaban J connectivity index is 6.66. The molecule has 8 heteroatoms. The van der Waals surface area contributed by atoms with Crippen LogP contribution in [0.5, 0.6) is 0 Å². The van der Waals surface area contributed by atoms with Crippen molar-refractivity contribution in [3.63, 3.8) is 0 Å². The Morgan fingerprint density at radius 2 is 1.11 bits per heavy atom. The van der Waals surface area contributed by atoms with Gasteiger partial charge in [0.15, 0.2) is 25.0 Å². The smallest absolute Gasteiger partial charge is 0.333 e. The molecule has 0 rings (SSSR count). The average molecular weight is 575 g/mol. The van der Waals surface area contributed by atoms with Gasteiger partial charge in [-0.05, 0) is 87.7 Å². The third kappa shape index (κ3) is 11.0. The first-order valence-corrected chi connectivity index (χ1v) is 22.8. The van der Waals surface area contributed by atoms with E-state index in [1.807, 2.05) is 19.9 Å². The largest absolute Gasteiger partial charge is 0.463 e. The number of carbonyl (C=O) groups excluding carboxylic acids is 1. The summed E-state index contributed by atoms with van der Waals surface area (Å²) >= 11 is 0. The van der Waals surface area contributed by atoms with Crippen molar-refractivity contribution in [1.82, 2.24) is 0 Å². The van der Waals surface area contributed by atoms with Gasteiger partial charge < -0.3 is 18.0 Å². The number of hydrogen-bond acceptors (Lipinski definition) is 5. The number of rotatable bonds is 12. The molecule has 0 aliphatic carbocycles. The fourth-order valence-electron chi connectivity index (χ4n) is 3.15. The van der Waals surface area contributed by atoms with E-state index in [1.54, 1.807) is 0 Å². The van der Waals surface area contributed by atoms with E-state index in [4.69, 9.17) is 18.0 Å². The first kappa shape index (κ1) is 36.7. The van der Waals surface area contributed by atoms with Gasteiger partial charge in [-0.3, -0.25) is 0 Å². The molecule has 0 aromatic heterocycles. The zero-order valence-electron chi connectivity index (χ0n) is 27.8. The summed E-state index contributed by atoms with van der Waals surface area (Å²) in [6.45, 7) is 40.1. The summed E-state index contributed by atoms with van der Waals surface area (Å²) in [6, 6.07) is 0. The molecule has 0 fully saturated rings. The number of hydrogen-bond donors (Lipinski definition) is 0. The summed E-state index contributed by atoms with van der Waals surface area (Å²) in [5.41, 5.74) is 0.562. The van der Waals surface area contributed by atoms with E-state index in [1.165, 1.54) is 0 Å². The maximum absolute atomic E-state index is 12.6. The lowest BCUT2D eigenvalue weighted by Gasteiger charge is -2.46. The maximum Gasteiger partial charge on any atom is 0.333 e. The molecule has 0 N–H and O–H groups in total. The Kier molecular flexibility index (Phi) is 12.8. The van der Waals surface area contributed by atoms with E-state index in [2.05, 4.69) is 109 Å². The second-order valence-corrected chi connectivity index (χ2v) is 29.5. The summed E-state index contributed by atoms with van der Waals surface area (Å²) in [6.07, 6.45) is 2.04. The molecule has 0 spiro atoms. The molecule has 37 heavy (non-hydrogen) atoms. The maximum atomic E-state index is 12.6. The van der Waals surface area contributed by atoms with E-state index >= 15 is 0 Å². The van der Waals surface area contributed by atoms with Gasteiger partial charge in [0.2, 0.25) is 0 Å². The molecular formula is C29H62O5Si3. The van der Waals surface area contributed by atoms with Gasteiger partial charge in [0.1, 0.15) is 0 Å². The van der Waals surface area contributed by atoms with Crippen LogP contribution in [-0.2, 0) is 22.8 Å². The number of esters is 1. The summed E-state index contributed by atoms with van der Waals surface area (Å²) in [5.74, 6) is -0.303. The average Bonchev–Trinajstić information content (AvgIpc) is 2.63. The normalized spacial score (nSPS) is 17.4. The quantitative estimate of drug-likeness (QED) is 0.132. The van der Waals surface area contributed by atoms with Crippen molar-refractivity contribution in [3.05, 3.63) is 11.6 Å². The van der Waals surface area contributed by atoms with Crippen molar-refractivity contribution in [1.29, 1.82) is 0 Å². The van der Waals surface area contributed by atoms with E-state index in [0.717, 1.165) is 0 Å². The molecule has 0 aromatic rings. The first-order valence-electron chi connectivity index (χ1n) is 14.1. The lowest BCUT2D eigenvalue weighted by molar-refractivity contribution is -0.138. The molecule has 0 aliphatic heterocycles. The summed E-state index contributed by atoms with van der Waals surface area (Å²) in [4.78, 5) is 12.6. The van der Waals surface area contributed by atoms with Crippen molar-refractivity contribution >= 4 is 30.9 Å². The van der Waals surface area contributed by atoms with Gasteiger partial charge in [-0.1, -0.05) is 62.3 Å². The van der Waals surface area contributed by atoms with E-state index in [9.17, 15) is 4.79 Å². The Morgan fingerprint density at radius 3 is 1.49 bits per heavy atom. The Morgan fingerprint density at radius 1 is 0.730 bits per heavy atom. The van der Waals surface area contributed by atoms with Crippen LogP contribution in [0.25, 0.3) is 0 Å². The minimum absolute atomic E-state index is 0.00234. The molecule has 0 amide bonds. The Labute approximate surface area is 233 Å². The topological polar surface area (TPSA) is 54.0 Å². The van der Waals surface area contributed by atoms with Crippen LogP contribution in [0.15, 0.2) is 11.6 Å². The van der Waals surface area contributed by atoms with Gasteiger partial charge in [0, 0.05) is 11.7 Å². The molecule has 0 saturated carbocycles. The highest BCUT2D eigenvalue weighted by Crippen LogP contribution is 2.42. The predicted molar refractivity (Wildman–Crippen MR) is 167 cm³/mol. The molecule has 0 unspecified atom stereocenters. The highest BCUT2D eigenvalue weighted by atomic mass is 28.4. The van der Waals surface area contributed by atoms with Gasteiger partial charge in [-0.25, -0.2) is 4.79 Å². The van der Waals surface area contributed by atoms with Crippen LogP contribution < -0.4 is 0 Å². The van der Waals surface area contributed by atoms with Crippen LogP contribution >= 0.6 is 0 Å². The van der Waals surface area contributed by atoms with Crippen LogP contribution in [0.3, 0.4) is 0 Å². The lowest BCUT2D eigenvalue weighted by atomic mass is 10.1. The number of carbonyl (C=O) groups is 1. The van der Waals surface area contributed by atoms with Crippen molar-refractivity contribution < 1.29 is 22.8 Å². The summed E-state index contributed by atoms with van der Waals surface area (Å²) in [5, 5.41) is 0.173. The lowest BCUT2D eigenvalue weighted by Crippen LogP contribution is -2.53. The van der Waals surface area contributed by atoms with E-state index < -0.39 is 25.0 Å². The minimum atomic E-state index is -2.19. The standard InChI is InChI=1S/C29H62O5Si3/c1-19-31-26(30)22(2)20-24(33-36(15,16)28(7,8)9)25(34-37(17,18)29(10,11)12)21-23(3)32-35(13,14)27(4,5)6/h20,23-25H,19,21H2,1-18H3/b22-20+/t23-,24-,25-/m0/s1. The van der Waals surface area contributed by atoms with Crippen LogP contribution in [0.1, 0.15) is 89.5 Å². The molecule has 0 heterocycles. The van der Waals surface area contributed by atoms with Crippen molar-refractivity contribution in [2.24, 2.45) is 0 Å². The zero-order valence-corrected chi connectivity index (χ0v) is 30.8. The van der Waals surface area contributed by atoms with Crippen LogP contribution in [-0.4, -0.2) is 55.8 Å². The summed E-state index contributed by atoms with van der Waals surface area (Å²) < 4.78 is 26.2. The highest BCUT2D eigenvalue weighted by Gasteiger charge is 2.45. The first-order chi connectivity index (χ1) is 16.2. The molecule has 5 nitrogen and oxygen atoms in total. The minimum Gasteiger partial charge on any atom is -0.463 e. The van der Waals surface area contributed by atoms with Gasteiger partial charge in [-0.2, -0.15) is 0 Å². The molecular weight excluding hydrogens is 513 g/mol. The van der Waals surface area contributed by atoms with Gasteiger partial charge in [-0.15, -0.1) is 0 Å². The monoisotopic (exact) mass is 574 g/mol. The Bertz CT molecular complexity index is 768. The second-order valence-electron chi connectivity index (χ2n) is 15.3. The second kappa shape index (κ2) is 12.9. The van der Waals surface area contributed by atoms with E-state index in [0.29, 0.717) is 18.6 Å². The molecule has 220 valence electrons. The molecule has 0 aromatic carbocycles. The zero-order chi connectivity index (χ0) is 29.8. The predicted octanol–water partition coefficient (Wildman–Crippen LogP) is 9.08. The van der Waals surface area contributed by atoms with Gasteiger partial charge >= 0.3 is 5.97 Å². The fraction of sp³-hybridized carbons (Fsp3) is 0.897. The highest BCUT2D eigenvalue weighted by molar-refractivity contribution is 6.75. The van der Waals surface area contributed by atoms with Crippen LogP contribution in [0.4, 0.5) is 0 Å². The van der Waals surface area contributed by atoms with Gasteiger partial charge in [0.25, 0.3) is 0 Å². The van der Waals surface area contributed by atoms with Crippen LogP contribution in [0.2, 0.25) is 54.4 Å². The molecule has 0 bridgehead atoms. The van der Waals surface area contributed by atoms with Crippen molar-refractivity contribution in [2.75, 3.05) is 6.61 Å². The molecule has 0 saturated heterocycles.